The van der Waals surface area contributed by atoms with E-state index in [1.165, 1.54) is 11.3 Å². The molecule has 0 radical (unpaired) electrons. The van der Waals surface area contributed by atoms with Crippen molar-refractivity contribution in [2.45, 2.75) is 38.6 Å². The van der Waals surface area contributed by atoms with Crippen LogP contribution in [0.15, 0.2) is 17.5 Å². The lowest BCUT2D eigenvalue weighted by Crippen LogP contribution is -2.35. The molecule has 1 saturated heterocycles. The summed E-state index contributed by atoms with van der Waals surface area (Å²) < 4.78 is 0. The van der Waals surface area contributed by atoms with E-state index in [1.807, 2.05) is 29.3 Å². The van der Waals surface area contributed by atoms with Crippen molar-refractivity contribution in [1.29, 1.82) is 0 Å². The minimum absolute atomic E-state index is 0.109. The fourth-order valence-electron chi connectivity index (χ4n) is 2.96. The fourth-order valence-corrected chi connectivity index (χ4v) is 4.78. The van der Waals surface area contributed by atoms with Gasteiger partial charge in [-0.25, -0.2) is 4.98 Å². The van der Waals surface area contributed by atoms with E-state index in [0.29, 0.717) is 0 Å². The predicted octanol–water partition coefficient (Wildman–Crippen LogP) is 3.56. The average Bonchev–Trinajstić information content (AvgIpc) is 3.24. The molecular formula is C16H20N2O2S2. The minimum Gasteiger partial charge on any atom is -0.396 e. The van der Waals surface area contributed by atoms with Gasteiger partial charge in [0, 0.05) is 19.2 Å². The molecule has 1 N–H and O–H groups in total. The van der Waals surface area contributed by atoms with Crippen molar-refractivity contribution >= 4 is 28.6 Å². The van der Waals surface area contributed by atoms with Gasteiger partial charge in [0.25, 0.3) is 5.91 Å². The zero-order valence-electron chi connectivity index (χ0n) is 12.6. The number of nitrogens with zero attached hydrogens (tertiary/aromatic N) is 2. The molecule has 1 unspecified atom stereocenters. The Morgan fingerprint density at radius 1 is 1.55 bits per heavy atom. The highest BCUT2D eigenvalue weighted by Crippen LogP contribution is 2.33. The fraction of sp³-hybridized carbons (Fsp3) is 0.500. The number of carbonyl (C=O) groups is 1. The molecule has 0 spiro atoms. The molecule has 4 nitrogen and oxygen atoms in total. The van der Waals surface area contributed by atoms with Gasteiger partial charge in [0.1, 0.15) is 9.88 Å². The van der Waals surface area contributed by atoms with Gasteiger partial charge in [-0.2, -0.15) is 0 Å². The van der Waals surface area contributed by atoms with Gasteiger partial charge in [0.2, 0.25) is 0 Å². The number of amides is 1. The lowest BCUT2D eigenvalue weighted by Gasteiger charge is -2.24. The lowest BCUT2D eigenvalue weighted by molar-refractivity contribution is 0.0728. The Balaban J connectivity index is 1.80. The van der Waals surface area contributed by atoms with Crippen LogP contribution in [0.5, 0.6) is 0 Å². The van der Waals surface area contributed by atoms with Crippen molar-refractivity contribution in [3.05, 3.63) is 28.1 Å². The summed E-state index contributed by atoms with van der Waals surface area (Å²) in [7, 11) is 0. The van der Waals surface area contributed by atoms with Gasteiger partial charge in [0.15, 0.2) is 0 Å². The van der Waals surface area contributed by atoms with E-state index in [2.05, 4.69) is 4.98 Å². The van der Waals surface area contributed by atoms with Crippen molar-refractivity contribution in [3.63, 3.8) is 0 Å². The Labute approximate surface area is 138 Å². The molecule has 1 fully saturated rings. The molecule has 2 aromatic heterocycles. The molecule has 1 atom stereocenters. The molecule has 1 aliphatic rings. The van der Waals surface area contributed by atoms with Crippen molar-refractivity contribution in [3.8, 4) is 9.88 Å². The number of carbonyl (C=O) groups excluding carboxylic acids is 1. The normalized spacial score (nSPS) is 18.1. The second-order valence-electron chi connectivity index (χ2n) is 5.57. The number of aliphatic hydroxyl groups excluding tert-OH is 1. The molecule has 3 rings (SSSR count). The highest BCUT2D eigenvalue weighted by atomic mass is 32.1. The number of hydrogen-bond acceptors (Lipinski definition) is 5. The van der Waals surface area contributed by atoms with E-state index in [1.54, 1.807) is 11.3 Å². The smallest absolute Gasteiger partial charge is 0.266 e. The standard InChI is InChI=1S/C16H20N2O2S2/c1-11-14(22-15(17-11)13-7-4-10-21-13)16(20)18-8-2-5-12(18)6-3-9-19/h4,7,10,12,19H,2-3,5-6,8-9H2,1H3. The van der Waals surface area contributed by atoms with Gasteiger partial charge in [-0.15, -0.1) is 22.7 Å². The number of aryl methyl sites for hydroxylation is 1. The van der Waals surface area contributed by atoms with Gasteiger partial charge in [-0.05, 0) is 44.1 Å². The number of aromatic nitrogens is 1. The van der Waals surface area contributed by atoms with E-state index >= 15 is 0 Å². The summed E-state index contributed by atoms with van der Waals surface area (Å²) in [6.45, 7) is 2.93. The van der Waals surface area contributed by atoms with E-state index in [4.69, 9.17) is 5.11 Å². The molecule has 0 bridgehead atoms. The summed E-state index contributed by atoms with van der Waals surface area (Å²) in [6, 6.07) is 4.31. The molecule has 6 heteroatoms. The van der Waals surface area contributed by atoms with E-state index in [9.17, 15) is 4.79 Å². The van der Waals surface area contributed by atoms with Crippen LogP contribution < -0.4 is 0 Å². The highest BCUT2D eigenvalue weighted by molar-refractivity contribution is 7.22. The number of hydrogen-bond donors (Lipinski definition) is 1. The summed E-state index contributed by atoms with van der Waals surface area (Å²) in [5.41, 5.74) is 0.825. The maximum Gasteiger partial charge on any atom is 0.266 e. The Morgan fingerprint density at radius 3 is 3.14 bits per heavy atom. The molecule has 1 aliphatic heterocycles. The van der Waals surface area contributed by atoms with E-state index in [0.717, 1.165) is 52.7 Å². The van der Waals surface area contributed by atoms with Crippen molar-refractivity contribution in [1.82, 2.24) is 9.88 Å². The summed E-state index contributed by atoms with van der Waals surface area (Å²) in [5.74, 6) is 0.109. The number of aliphatic hydroxyl groups is 1. The van der Waals surface area contributed by atoms with Crippen LogP contribution in [-0.4, -0.2) is 40.1 Å². The Kier molecular flexibility index (Phi) is 4.90. The first-order valence-corrected chi connectivity index (χ1v) is 9.33. The number of thiophene rings is 1. The maximum absolute atomic E-state index is 12.9. The molecule has 0 aliphatic carbocycles. The third kappa shape index (κ3) is 3.09. The molecule has 2 aromatic rings. The first kappa shape index (κ1) is 15.6. The van der Waals surface area contributed by atoms with E-state index < -0.39 is 0 Å². The number of thiazole rings is 1. The third-order valence-electron chi connectivity index (χ3n) is 4.06. The summed E-state index contributed by atoms with van der Waals surface area (Å²) in [4.78, 5) is 21.3. The van der Waals surface area contributed by atoms with Gasteiger partial charge in [-0.3, -0.25) is 4.79 Å². The first-order chi connectivity index (χ1) is 10.7. The van der Waals surface area contributed by atoms with Crippen LogP contribution in [0.4, 0.5) is 0 Å². The quantitative estimate of drug-likeness (QED) is 0.908. The summed E-state index contributed by atoms with van der Waals surface area (Å²) >= 11 is 3.15. The topological polar surface area (TPSA) is 53.4 Å². The van der Waals surface area contributed by atoms with Crippen LogP contribution >= 0.6 is 22.7 Å². The molecule has 22 heavy (non-hydrogen) atoms. The van der Waals surface area contributed by atoms with Gasteiger partial charge in [0.05, 0.1) is 10.6 Å². The highest BCUT2D eigenvalue weighted by Gasteiger charge is 2.31. The van der Waals surface area contributed by atoms with Crippen molar-refractivity contribution < 1.29 is 9.90 Å². The Bertz CT molecular complexity index is 637. The molecule has 0 saturated carbocycles. The van der Waals surface area contributed by atoms with Crippen LogP contribution in [0.1, 0.15) is 41.0 Å². The monoisotopic (exact) mass is 336 g/mol. The summed E-state index contributed by atoms with van der Waals surface area (Å²) in [6.07, 6.45) is 3.74. The van der Waals surface area contributed by atoms with Crippen LogP contribution in [-0.2, 0) is 0 Å². The second kappa shape index (κ2) is 6.89. The second-order valence-corrected chi connectivity index (χ2v) is 7.52. The van der Waals surface area contributed by atoms with Gasteiger partial charge in [-0.1, -0.05) is 6.07 Å². The Hall–Kier alpha value is -1.24. The molecular weight excluding hydrogens is 316 g/mol. The summed E-state index contributed by atoms with van der Waals surface area (Å²) in [5, 5.41) is 12.0. The predicted molar refractivity (Wildman–Crippen MR) is 90.5 cm³/mol. The van der Waals surface area contributed by atoms with Crippen LogP contribution in [0, 0.1) is 6.92 Å². The maximum atomic E-state index is 12.9. The Morgan fingerprint density at radius 2 is 2.41 bits per heavy atom. The molecule has 118 valence electrons. The van der Waals surface area contributed by atoms with Crippen molar-refractivity contribution in [2.75, 3.05) is 13.2 Å². The minimum atomic E-state index is 0.109. The largest absolute Gasteiger partial charge is 0.396 e. The molecule has 0 aromatic carbocycles. The SMILES string of the molecule is Cc1nc(-c2cccs2)sc1C(=O)N1CCCC1CCCO. The van der Waals surface area contributed by atoms with Gasteiger partial charge >= 0.3 is 0 Å². The van der Waals surface area contributed by atoms with Crippen molar-refractivity contribution in [2.24, 2.45) is 0 Å². The first-order valence-electron chi connectivity index (χ1n) is 7.64. The molecule has 3 heterocycles. The van der Waals surface area contributed by atoms with E-state index in [-0.39, 0.29) is 18.6 Å². The van der Waals surface area contributed by atoms with Gasteiger partial charge < -0.3 is 10.0 Å². The lowest BCUT2D eigenvalue weighted by atomic mass is 10.1. The third-order valence-corrected chi connectivity index (χ3v) is 6.24. The van der Waals surface area contributed by atoms with Crippen LogP contribution in [0.25, 0.3) is 9.88 Å². The average molecular weight is 336 g/mol. The van der Waals surface area contributed by atoms with Crippen LogP contribution in [0.3, 0.4) is 0 Å². The molecule has 1 amide bonds. The van der Waals surface area contributed by atoms with Crippen LogP contribution in [0.2, 0.25) is 0 Å². The zero-order chi connectivity index (χ0) is 15.5. The zero-order valence-corrected chi connectivity index (χ0v) is 14.3. The number of likely N-dealkylation sites (tertiary alicyclic amines) is 1. The number of rotatable bonds is 5.